The van der Waals surface area contributed by atoms with Gasteiger partial charge in [-0.15, -0.1) is 0 Å². The highest BCUT2D eigenvalue weighted by atomic mass is 16.4. The SMILES string of the molecule is CC(C)C(CNC(=O)C1CCN(C)C1)C(=O)O. The maximum Gasteiger partial charge on any atom is 0.308 e. The van der Waals surface area contributed by atoms with Gasteiger partial charge in [0.25, 0.3) is 0 Å². The first-order chi connectivity index (χ1) is 7.91. The van der Waals surface area contributed by atoms with Gasteiger partial charge in [0.05, 0.1) is 11.8 Å². The van der Waals surface area contributed by atoms with Gasteiger partial charge in [-0.2, -0.15) is 0 Å². The van der Waals surface area contributed by atoms with Crippen LogP contribution in [0, 0.1) is 17.8 Å². The Labute approximate surface area is 102 Å². The van der Waals surface area contributed by atoms with Crippen molar-refractivity contribution in [2.45, 2.75) is 20.3 Å². The van der Waals surface area contributed by atoms with Crippen LogP contribution in [0.3, 0.4) is 0 Å². The number of amides is 1. The van der Waals surface area contributed by atoms with Crippen LogP contribution in [0.15, 0.2) is 0 Å². The number of hydrogen-bond acceptors (Lipinski definition) is 3. The van der Waals surface area contributed by atoms with Crippen molar-refractivity contribution in [3.05, 3.63) is 0 Å². The smallest absolute Gasteiger partial charge is 0.308 e. The molecule has 0 aromatic heterocycles. The van der Waals surface area contributed by atoms with Crippen LogP contribution >= 0.6 is 0 Å². The zero-order chi connectivity index (χ0) is 13.0. The zero-order valence-corrected chi connectivity index (χ0v) is 10.8. The summed E-state index contributed by atoms with van der Waals surface area (Å²) in [6.07, 6.45) is 0.863. The lowest BCUT2D eigenvalue weighted by Crippen LogP contribution is -2.39. The van der Waals surface area contributed by atoms with E-state index in [1.165, 1.54) is 0 Å². The van der Waals surface area contributed by atoms with Crippen molar-refractivity contribution in [1.82, 2.24) is 10.2 Å². The molecule has 0 bridgehead atoms. The quantitative estimate of drug-likeness (QED) is 0.732. The van der Waals surface area contributed by atoms with E-state index < -0.39 is 11.9 Å². The number of rotatable bonds is 5. The third kappa shape index (κ3) is 4.00. The number of carbonyl (C=O) groups excluding carboxylic acids is 1. The van der Waals surface area contributed by atoms with E-state index >= 15 is 0 Å². The molecule has 0 aromatic rings. The van der Waals surface area contributed by atoms with Crippen molar-refractivity contribution in [3.8, 4) is 0 Å². The van der Waals surface area contributed by atoms with Gasteiger partial charge in [-0.25, -0.2) is 0 Å². The van der Waals surface area contributed by atoms with Crippen LogP contribution < -0.4 is 5.32 Å². The summed E-state index contributed by atoms with van der Waals surface area (Å²) in [5.41, 5.74) is 0. The summed E-state index contributed by atoms with van der Waals surface area (Å²) >= 11 is 0. The normalized spacial score (nSPS) is 22.7. The minimum absolute atomic E-state index is 0.0127. The molecule has 98 valence electrons. The highest BCUT2D eigenvalue weighted by molar-refractivity contribution is 5.80. The first-order valence-electron chi connectivity index (χ1n) is 6.11. The molecule has 0 aromatic carbocycles. The number of nitrogens with zero attached hydrogens (tertiary/aromatic N) is 1. The van der Waals surface area contributed by atoms with Crippen molar-refractivity contribution >= 4 is 11.9 Å². The highest BCUT2D eigenvalue weighted by Crippen LogP contribution is 2.15. The Balaban J connectivity index is 2.39. The molecule has 0 saturated carbocycles. The van der Waals surface area contributed by atoms with E-state index in [-0.39, 0.29) is 24.3 Å². The second-order valence-electron chi connectivity index (χ2n) is 5.18. The molecule has 0 aliphatic carbocycles. The van der Waals surface area contributed by atoms with E-state index in [0.29, 0.717) is 0 Å². The standard InChI is InChI=1S/C12H22N2O3/c1-8(2)10(12(16)17)6-13-11(15)9-4-5-14(3)7-9/h8-10H,4-7H2,1-3H3,(H,13,15)(H,16,17). The lowest BCUT2D eigenvalue weighted by atomic mass is 9.95. The molecule has 1 saturated heterocycles. The van der Waals surface area contributed by atoms with Gasteiger partial charge in [-0.1, -0.05) is 13.8 Å². The van der Waals surface area contributed by atoms with Gasteiger partial charge in [-0.05, 0) is 25.9 Å². The minimum Gasteiger partial charge on any atom is -0.481 e. The Morgan fingerprint density at radius 3 is 2.53 bits per heavy atom. The molecule has 1 aliphatic rings. The molecule has 1 fully saturated rings. The summed E-state index contributed by atoms with van der Waals surface area (Å²) < 4.78 is 0. The van der Waals surface area contributed by atoms with E-state index in [4.69, 9.17) is 5.11 Å². The fraction of sp³-hybridized carbons (Fsp3) is 0.833. The molecule has 0 radical (unpaired) electrons. The van der Waals surface area contributed by atoms with Crippen LogP contribution in [0.25, 0.3) is 0 Å². The summed E-state index contributed by atoms with van der Waals surface area (Å²) in [4.78, 5) is 24.9. The molecule has 0 spiro atoms. The van der Waals surface area contributed by atoms with Gasteiger partial charge in [-0.3, -0.25) is 9.59 Å². The number of likely N-dealkylation sites (tertiary alicyclic amines) is 1. The molecular weight excluding hydrogens is 220 g/mol. The van der Waals surface area contributed by atoms with Crippen LogP contribution in [0.2, 0.25) is 0 Å². The summed E-state index contributed by atoms with van der Waals surface area (Å²) in [6, 6.07) is 0. The molecule has 2 N–H and O–H groups in total. The maximum atomic E-state index is 11.8. The van der Waals surface area contributed by atoms with Crippen molar-refractivity contribution in [2.75, 3.05) is 26.7 Å². The largest absolute Gasteiger partial charge is 0.481 e. The van der Waals surface area contributed by atoms with E-state index in [1.54, 1.807) is 0 Å². The van der Waals surface area contributed by atoms with Crippen LogP contribution in [-0.2, 0) is 9.59 Å². The number of nitrogens with one attached hydrogen (secondary N) is 1. The van der Waals surface area contributed by atoms with Crippen LogP contribution in [0.4, 0.5) is 0 Å². The van der Waals surface area contributed by atoms with Crippen LogP contribution in [0.1, 0.15) is 20.3 Å². The topological polar surface area (TPSA) is 69.6 Å². The van der Waals surface area contributed by atoms with Gasteiger partial charge < -0.3 is 15.3 Å². The molecule has 1 heterocycles. The Hall–Kier alpha value is -1.10. The second-order valence-corrected chi connectivity index (χ2v) is 5.18. The van der Waals surface area contributed by atoms with Gasteiger partial charge in [0, 0.05) is 13.1 Å². The molecule has 17 heavy (non-hydrogen) atoms. The maximum absolute atomic E-state index is 11.8. The van der Waals surface area contributed by atoms with Gasteiger partial charge >= 0.3 is 5.97 Å². The Kier molecular flexibility index (Phi) is 4.93. The van der Waals surface area contributed by atoms with Crippen molar-refractivity contribution < 1.29 is 14.7 Å². The van der Waals surface area contributed by atoms with Crippen molar-refractivity contribution in [3.63, 3.8) is 0 Å². The van der Waals surface area contributed by atoms with Crippen molar-refractivity contribution in [1.29, 1.82) is 0 Å². The van der Waals surface area contributed by atoms with E-state index in [9.17, 15) is 9.59 Å². The number of carboxylic acid groups (broad SMARTS) is 1. The van der Waals surface area contributed by atoms with Crippen LogP contribution in [-0.4, -0.2) is 48.6 Å². The van der Waals surface area contributed by atoms with E-state index in [0.717, 1.165) is 19.5 Å². The molecule has 5 heteroatoms. The zero-order valence-electron chi connectivity index (χ0n) is 10.8. The fourth-order valence-electron chi connectivity index (χ4n) is 2.11. The third-order valence-corrected chi connectivity index (χ3v) is 3.38. The van der Waals surface area contributed by atoms with E-state index in [2.05, 4.69) is 10.2 Å². The lowest BCUT2D eigenvalue weighted by molar-refractivity contribution is -0.143. The lowest BCUT2D eigenvalue weighted by Gasteiger charge is -2.18. The minimum atomic E-state index is -0.844. The summed E-state index contributed by atoms with van der Waals surface area (Å²) in [6.45, 7) is 5.64. The number of hydrogen-bond donors (Lipinski definition) is 2. The summed E-state index contributed by atoms with van der Waals surface area (Å²) in [7, 11) is 1.99. The average molecular weight is 242 g/mol. The number of carbonyl (C=O) groups is 2. The third-order valence-electron chi connectivity index (χ3n) is 3.38. The van der Waals surface area contributed by atoms with Crippen molar-refractivity contribution in [2.24, 2.45) is 17.8 Å². The second kappa shape index (κ2) is 6.00. The Bertz CT molecular complexity index is 291. The first kappa shape index (κ1) is 14.0. The molecule has 2 unspecified atom stereocenters. The first-order valence-corrected chi connectivity index (χ1v) is 6.11. The molecule has 1 rings (SSSR count). The summed E-state index contributed by atoms with van der Waals surface area (Å²) in [5, 5.41) is 11.8. The fourth-order valence-corrected chi connectivity index (χ4v) is 2.11. The highest BCUT2D eigenvalue weighted by Gasteiger charge is 2.28. The van der Waals surface area contributed by atoms with E-state index in [1.807, 2.05) is 20.9 Å². The predicted molar refractivity (Wildman–Crippen MR) is 64.6 cm³/mol. The molecular formula is C12H22N2O3. The van der Waals surface area contributed by atoms with Gasteiger partial charge in [0.2, 0.25) is 5.91 Å². The average Bonchev–Trinajstić information content (AvgIpc) is 2.63. The van der Waals surface area contributed by atoms with Gasteiger partial charge in [0.1, 0.15) is 0 Å². The van der Waals surface area contributed by atoms with Crippen LogP contribution in [0.5, 0.6) is 0 Å². The Morgan fingerprint density at radius 2 is 2.12 bits per heavy atom. The predicted octanol–water partition coefficient (Wildman–Crippen LogP) is 0.411. The number of carboxylic acids is 1. The van der Waals surface area contributed by atoms with Gasteiger partial charge in [0.15, 0.2) is 0 Å². The monoisotopic (exact) mass is 242 g/mol. The summed E-state index contributed by atoms with van der Waals surface area (Å²) in [5.74, 6) is -1.32. The Morgan fingerprint density at radius 1 is 1.47 bits per heavy atom. The molecule has 5 nitrogen and oxygen atoms in total. The molecule has 2 atom stereocenters. The molecule has 1 amide bonds. The molecule has 1 aliphatic heterocycles. The number of aliphatic carboxylic acids is 1.